The number of carboxylic acids is 1. The summed E-state index contributed by atoms with van der Waals surface area (Å²) >= 11 is 0. The van der Waals surface area contributed by atoms with Crippen LogP contribution in [0.4, 0.5) is 13.2 Å². The Hall–Kier alpha value is -3.92. The van der Waals surface area contributed by atoms with Crippen molar-refractivity contribution in [2.45, 2.75) is 209 Å². The molecule has 2 unspecified atom stereocenters. The predicted molar refractivity (Wildman–Crippen MR) is 274 cm³/mol. The fourth-order valence-electron chi connectivity index (χ4n) is 4.51. The van der Waals surface area contributed by atoms with E-state index in [2.05, 4.69) is 52.6 Å². The van der Waals surface area contributed by atoms with Gasteiger partial charge in [0.05, 0.1) is 12.2 Å². The van der Waals surface area contributed by atoms with Gasteiger partial charge in [0.2, 0.25) is 5.92 Å². The number of ketones is 3. The fraction of sp³-hybridized carbons (Fsp3) is 0.655. The number of halogens is 3. The van der Waals surface area contributed by atoms with Crippen molar-refractivity contribution in [1.29, 1.82) is 0 Å². The molecular weight excluding hydrogens is 828 g/mol. The summed E-state index contributed by atoms with van der Waals surface area (Å²) in [7, 11) is 0. The number of carboxylic acid groups (broad SMARTS) is 1. The van der Waals surface area contributed by atoms with Crippen LogP contribution in [0.25, 0.3) is 0 Å². The quantitative estimate of drug-likeness (QED) is 0.0459. The first-order valence-electron chi connectivity index (χ1n) is 23.9. The van der Waals surface area contributed by atoms with Crippen molar-refractivity contribution in [2.24, 2.45) is 22.7 Å². The fourth-order valence-corrected chi connectivity index (χ4v) is 4.51. The van der Waals surface area contributed by atoms with Gasteiger partial charge in [0.1, 0.15) is 11.6 Å². The van der Waals surface area contributed by atoms with Crippen molar-refractivity contribution in [1.82, 2.24) is 0 Å². The minimum atomic E-state index is -2.62. The van der Waals surface area contributed by atoms with Crippen LogP contribution in [0.1, 0.15) is 211 Å². The number of ether oxygens (including phenoxy) is 1. The van der Waals surface area contributed by atoms with Crippen molar-refractivity contribution < 1.29 is 42.2 Å². The molecule has 65 heavy (non-hydrogen) atoms. The van der Waals surface area contributed by atoms with Crippen molar-refractivity contribution in [2.75, 3.05) is 13.2 Å². The summed E-state index contributed by atoms with van der Waals surface area (Å²) in [4.78, 5) is 47.2. The van der Waals surface area contributed by atoms with Gasteiger partial charge < -0.3 is 9.84 Å². The van der Waals surface area contributed by atoms with E-state index in [0.717, 1.165) is 79.4 Å². The van der Waals surface area contributed by atoms with E-state index in [1.165, 1.54) is 25.0 Å². The van der Waals surface area contributed by atoms with Gasteiger partial charge in [-0.3, -0.25) is 24.2 Å². The molecule has 1 N–H and O–H groups in total. The van der Waals surface area contributed by atoms with E-state index in [0.29, 0.717) is 18.8 Å². The molecule has 1 aromatic carbocycles. The second-order valence-corrected chi connectivity index (χ2v) is 16.1. The molecule has 0 aliphatic carbocycles. The number of aliphatic carboxylic acids is 1. The molecule has 0 amide bonds. The van der Waals surface area contributed by atoms with Gasteiger partial charge in [0.15, 0.2) is 11.6 Å². The van der Waals surface area contributed by atoms with E-state index in [-0.39, 0.29) is 36.1 Å². The molecule has 0 saturated carbocycles. The second-order valence-electron chi connectivity index (χ2n) is 16.1. The molecule has 0 fully saturated rings. The van der Waals surface area contributed by atoms with Gasteiger partial charge in [-0.05, 0) is 105 Å². The van der Waals surface area contributed by atoms with Gasteiger partial charge >= 0.3 is 5.97 Å². The molecule has 7 nitrogen and oxygen atoms in total. The van der Waals surface area contributed by atoms with Crippen LogP contribution in [0.2, 0.25) is 0 Å². The molecular formula is C55H96F3NO6. The summed E-state index contributed by atoms with van der Waals surface area (Å²) in [6.45, 7) is 40.1. The number of aliphatic imine (C=N–C) groups is 1. The second kappa shape index (κ2) is 46.6. The normalized spacial score (nSPS) is 12.4. The molecule has 1 rings (SSSR count). The highest BCUT2D eigenvalue weighted by molar-refractivity contribution is 6.13. The average molecular weight is 924 g/mol. The predicted octanol–water partition coefficient (Wildman–Crippen LogP) is 16.9. The number of nitrogens with zero attached hydrogens (tertiary/aromatic N) is 1. The number of rotatable bonds is 20. The van der Waals surface area contributed by atoms with E-state index >= 15 is 0 Å². The number of alkyl halides is 2. The standard InChI is InChI=1S/C18H27NO.C11H13FO.C10H20F2O.C6H12O.C5H12.C3H6O2.C2H6/c1-7-10-14(4)11-12-18(15(5)19-13-8-2)17(9-3)16(6)20;1-4-10(13)11-8(3)5-7(2)6-9(11)12;1-4-5-6-7-13-8-9(2)10(3,11)12;1-4-5(2)6(3)7;1-4-5(2)3;1-2-3(4)5;1-2/h8-9,11-13H,7,10H2,1-6H3;5-6H,4H2,1-3H3;9H,4-8H2,1-3H3;5H,4H2,1-3H3;5H,4H2,1-3H3;2H2,1H3,(H,4,5);1-2H3/b13-8-,14-11-,17-9+,18-12+,19-15+;;;;;;. The highest BCUT2D eigenvalue weighted by Gasteiger charge is 2.29. The van der Waals surface area contributed by atoms with Crippen molar-refractivity contribution in [3.8, 4) is 0 Å². The smallest absolute Gasteiger partial charge is 0.303 e. The Morgan fingerprint density at radius 2 is 1.34 bits per heavy atom. The van der Waals surface area contributed by atoms with Crippen LogP contribution in [-0.2, 0) is 19.1 Å². The largest absolute Gasteiger partial charge is 0.481 e. The van der Waals surface area contributed by atoms with E-state index in [9.17, 15) is 32.3 Å². The van der Waals surface area contributed by atoms with E-state index < -0.39 is 23.6 Å². The zero-order chi connectivity index (χ0) is 52.3. The lowest BCUT2D eigenvalue weighted by atomic mass is 9.97. The van der Waals surface area contributed by atoms with Crippen LogP contribution in [0.5, 0.6) is 0 Å². The number of allylic oxidation sites excluding steroid dienone is 7. The molecule has 1 aromatic rings. The maximum absolute atomic E-state index is 13.3. The summed E-state index contributed by atoms with van der Waals surface area (Å²) < 4.78 is 43.7. The van der Waals surface area contributed by atoms with Crippen LogP contribution in [0.3, 0.4) is 0 Å². The summed E-state index contributed by atoms with van der Waals surface area (Å²) in [5, 5.41) is 7.72. The first kappa shape index (κ1) is 72.7. The van der Waals surface area contributed by atoms with Crippen LogP contribution in [0, 0.1) is 37.4 Å². The Labute approximate surface area is 397 Å². The van der Waals surface area contributed by atoms with Gasteiger partial charge in [-0.25, -0.2) is 13.2 Å². The summed E-state index contributed by atoms with van der Waals surface area (Å²) in [6, 6.07) is 3.22. The Balaban J connectivity index is -0.000000170. The van der Waals surface area contributed by atoms with Gasteiger partial charge in [0, 0.05) is 54.3 Å². The van der Waals surface area contributed by atoms with E-state index in [4.69, 9.17) is 9.84 Å². The molecule has 0 aliphatic heterocycles. The van der Waals surface area contributed by atoms with Gasteiger partial charge in [-0.15, -0.1) is 0 Å². The zero-order valence-corrected chi connectivity index (χ0v) is 45.1. The summed E-state index contributed by atoms with van der Waals surface area (Å²) in [5.41, 5.74) is 5.60. The molecule has 0 heterocycles. The zero-order valence-electron chi connectivity index (χ0n) is 45.1. The number of hydrogen-bond acceptors (Lipinski definition) is 6. The molecule has 0 aromatic heterocycles. The number of carbonyl (C=O) groups excluding carboxylic acids is 3. The topological polar surface area (TPSA) is 110 Å². The lowest BCUT2D eigenvalue weighted by molar-refractivity contribution is -0.136. The van der Waals surface area contributed by atoms with Crippen LogP contribution >= 0.6 is 0 Å². The van der Waals surface area contributed by atoms with E-state index in [1.54, 1.807) is 40.8 Å². The lowest BCUT2D eigenvalue weighted by Crippen LogP contribution is -2.26. The lowest BCUT2D eigenvalue weighted by Gasteiger charge is -2.18. The molecule has 0 aliphatic rings. The maximum atomic E-state index is 13.3. The molecule has 0 radical (unpaired) electrons. The van der Waals surface area contributed by atoms with Crippen LogP contribution in [-0.4, -0.2) is 53.3 Å². The third kappa shape index (κ3) is 45.0. The molecule has 0 spiro atoms. The van der Waals surface area contributed by atoms with Gasteiger partial charge in [-0.1, -0.05) is 145 Å². The van der Waals surface area contributed by atoms with Crippen molar-refractivity contribution >= 4 is 29.0 Å². The van der Waals surface area contributed by atoms with Crippen molar-refractivity contribution in [3.05, 3.63) is 81.9 Å². The monoisotopic (exact) mass is 924 g/mol. The van der Waals surface area contributed by atoms with E-state index in [1.807, 2.05) is 79.7 Å². The first-order valence-corrected chi connectivity index (χ1v) is 23.9. The SMILES string of the molecule is CC.CCC(=O)O.CCC(=O)c1c(C)cc(C)cc1F.CCC(C)C.CCC(C)C(C)=O.CCCCCOCC(C)C(C)(F)F.C\C=C/N=C(C)/C(=C\C=C(\C)CCC)C(=C/C)/C(C)=O. The Kier molecular flexibility index (Phi) is 52.1. The Bertz CT molecular complexity index is 1540. The molecule has 10 heteroatoms. The number of unbranched alkanes of at least 4 members (excludes halogenated alkanes) is 2. The Morgan fingerprint density at radius 3 is 1.66 bits per heavy atom. The number of benzene rings is 1. The molecule has 2 atom stereocenters. The minimum absolute atomic E-state index is 0.0651. The number of aryl methyl sites for hydroxylation is 2. The van der Waals surface area contributed by atoms with Crippen LogP contribution < -0.4 is 0 Å². The maximum Gasteiger partial charge on any atom is 0.303 e. The average Bonchev–Trinajstić information content (AvgIpc) is 3.24. The number of carbonyl (C=O) groups is 4. The molecule has 378 valence electrons. The first-order chi connectivity index (χ1) is 30.2. The van der Waals surface area contributed by atoms with Crippen LogP contribution in [0.15, 0.2) is 64.3 Å². The van der Waals surface area contributed by atoms with Crippen molar-refractivity contribution in [3.63, 3.8) is 0 Å². The molecule has 0 bridgehead atoms. The number of Topliss-reactive ketones (excluding diaryl/α,β-unsaturated/α-hetero) is 3. The number of hydrogen-bond donors (Lipinski definition) is 1. The third-order valence-corrected chi connectivity index (χ3v) is 9.53. The highest BCUT2D eigenvalue weighted by Crippen LogP contribution is 2.23. The highest BCUT2D eigenvalue weighted by atomic mass is 19.3. The summed E-state index contributed by atoms with van der Waals surface area (Å²) in [5.74, 6) is -3.07. The Morgan fingerprint density at radius 1 is 0.815 bits per heavy atom. The summed E-state index contributed by atoms with van der Waals surface area (Å²) in [6.07, 6.45) is 17.8. The van der Waals surface area contributed by atoms with Gasteiger partial charge in [0.25, 0.3) is 0 Å². The third-order valence-electron chi connectivity index (χ3n) is 9.53. The van der Waals surface area contributed by atoms with Gasteiger partial charge in [-0.2, -0.15) is 0 Å². The minimum Gasteiger partial charge on any atom is -0.481 e. The molecule has 0 saturated heterocycles.